The molecule has 6 heteroatoms. The smallest absolute Gasteiger partial charge is 0.268 e. The zero-order chi connectivity index (χ0) is 18.3. The molecule has 0 saturated carbocycles. The standard InChI is InChI=1S/C20H17NO3S2/c1-14-6-8-16(9-7-14)26(23,24)19-11-10-18(25-19)20(22)21-13-12-15-4-2-3-5-17(15)21/h2-11H,12-13H2,1H3. The van der Waals surface area contributed by atoms with Gasteiger partial charge in [0.25, 0.3) is 5.91 Å². The molecule has 0 radical (unpaired) electrons. The molecule has 0 bridgehead atoms. The molecule has 1 aliphatic rings. The van der Waals surface area contributed by atoms with Crippen LogP contribution in [0.25, 0.3) is 0 Å². The maximum Gasteiger partial charge on any atom is 0.268 e. The number of thiophene rings is 1. The number of rotatable bonds is 3. The van der Waals surface area contributed by atoms with E-state index in [0.29, 0.717) is 11.4 Å². The normalized spacial score (nSPS) is 13.7. The van der Waals surface area contributed by atoms with E-state index in [0.717, 1.165) is 34.6 Å². The van der Waals surface area contributed by atoms with Gasteiger partial charge >= 0.3 is 0 Å². The summed E-state index contributed by atoms with van der Waals surface area (Å²) in [6.45, 7) is 2.53. The zero-order valence-corrected chi connectivity index (χ0v) is 15.8. The van der Waals surface area contributed by atoms with E-state index in [9.17, 15) is 13.2 Å². The van der Waals surface area contributed by atoms with E-state index < -0.39 is 9.84 Å². The van der Waals surface area contributed by atoms with Crippen molar-refractivity contribution in [3.05, 3.63) is 76.7 Å². The van der Waals surface area contributed by atoms with Crippen molar-refractivity contribution in [3.8, 4) is 0 Å². The van der Waals surface area contributed by atoms with Crippen molar-refractivity contribution in [2.45, 2.75) is 22.4 Å². The monoisotopic (exact) mass is 383 g/mol. The Morgan fingerprint density at radius 2 is 1.73 bits per heavy atom. The number of amides is 1. The van der Waals surface area contributed by atoms with Gasteiger partial charge in [0.1, 0.15) is 4.21 Å². The minimum Gasteiger partial charge on any atom is -0.307 e. The van der Waals surface area contributed by atoms with E-state index in [1.807, 2.05) is 31.2 Å². The number of para-hydroxylation sites is 1. The Morgan fingerprint density at radius 3 is 2.50 bits per heavy atom. The van der Waals surface area contributed by atoms with Crippen molar-refractivity contribution in [1.29, 1.82) is 0 Å². The van der Waals surface area contributed by atoms with Crippen LogP contribution in [-0.2, 0) is 16.3 Å². The highest BCUT2D eigenvalue weighted by atomic mass is 32.2. The van der Waals surface area contributed by atoms with E-state index in [-0.39, 0.29) is 15.0 Å². The fourth-order valence-electron chi connectivity index (χ4n) is 3.10. The van der Waals surface area contributed by atoms with Gasteiger partial charge in [-0.1, -0.05) is 35.9 Å². The van der Waals surface area contributed by atoms with Crippen LogP contribution >= 0.6 is 11.3 Å². The number of hydrogen-bond donors (Lipinski definition) is 0. The molecule has 1 aliphatic heterocycles. The van der Waals surface area contributed by atoms with Crippen molar-refractivity contribution >= 4 is 32.8 Å². The Morgan fingerprint density at radius 1 is 1.00 bits per heavy atom. The molecule has 4 nitrogen and oxygen atoms in total. The van der Waals surface area contributed by atoms with Crippen LogP contribution in [0.5, 0.6) is 0 Å². The number of anilines is 1. The Hall–Kier alpha value is -2.44. The number of sulfone groups is 1. The number of nitrogens with zero attached hydrogens (tertiary/aromatic N) is 1. The largest absolute Gasteiger partial charge is 0.307 e. The first-order valence-corrected chi connectivity index (χ1v) is 10.6. The summed E-state index contributed by atoms with van der Waals surface area (Å²) >= 11 is 1.03. The molecule has 2 heterocycles. The first-order valence-electron chi connectivity index (χ1n) is 8.28. The van der Waals surface area contributed by atoms with Crippen LogP contribution in [0.1, 0.15) is 20.8 Å². The number of aryl methyl sites for hydroxylation is 1. The zero-order valence-electron chi connectivity index (χ0n) is 14.2. The highest BCUT2D eigenvalue weighted by molar-refractivity contribution is 7.93. The molecule has 3 aromatic rings. The van der Waals surface area contributed by atoms with Gasteiger partial charge < -0.3 is 4.90 Å². The lowest BCUT2D eigenvalue weighted by atomic mass is 10.2. The number of fused-ring (bicyclic) bond motifs is 1. The lowest BCUT2D eigenvalue weighted by molar-refractivity contribution is 0.0993. The average molecular weight is 383 g/mol. The molecule has 0 saturated heterocycles. The Balaban J connectivity index is 1.64. The lowest BCUT2D eigenvalue weighted by Crippen LogP contribution is -2.28. The second kappa shape index (κ2) is 6.37. The maximum absolute atomic E-state index is 12.9. The summed E-state index contributed by atoms with van der Waals surface area (Å²) in [4.78, 5) is 15.3. The van der Waals surface area contributed by atoms with Crippen LogP contribution in [0.3, 0.4) is 0 Å². The SMILES string of the molecule is Cc1ccc(S(=O)(=O)c2ccc(C(=O)N3CCc4ccccc43)s2)cc1. The van der Waals surface area contributed by atoms with Crippen molar-refractivity contribution < 1.29 is 13.2 Å². The van der Waals surface area contributed by atoms with E-state index in [1.165, 1.54) is 6.07 Å². The summed E-state index contributed by atoms with van der Waals surface area (Å²) in [6.07, 6.45) is 0.821. The summed E-state index contributed by atoms with van der Waals surface area (Å²) in [6, 6.07) is 17.7. The van der Waals surface area contributed by atoms with E-state index in [4.69, 9.17) is 0 Å². The molecule has 0 unspecified atom stereocenters. The molecule has 1 aromatic heterocycles. The first kappa shape index (κ1) is 17.0. The van der Waals surface area contributed by atoms with E-state index >= 15 is 0 Å². The van der Waals surface area contributed by atoms with Gasteiger partial charge in [-0.2, -0.15) is 0 Å². The molecule has 0 fully saturated rings. The van der Waals surface area contributed by atoms with Gasteiger partial charge in [-0.25, -0.2) is 8.42 Å². The highest BCUT2D eigenvalue weighted by Crippen LogP contribution is 2.32. The van der Waals surface area contributed by atoms with Crippen molar-refractivity contribution in [2.24, 2.45) is 0 Å². The van der Waals surface area contributed by atoms with Gasteiger partial charge in [0.2, 0.25) is 9.84 Å². The molecule has 132 valence electrons. The molecular weight excluding hydrogens is 366 g/mol. The van der Waals surface area contributed by atoms with Crippen LogP contribution in [0.15, 0.2) is 69.8 Å². The van der Waals surface area contributed by atoms with Gasteiger partial charge in [-0.05, 0) is 49.2 Å². The highest BCUT2D eigenvalue weighted by Gasteiger charge is 2.28. The van der Waals surface area contributed by atoms with Crippen LogP contribution in [0.2, 0.25) is 0 Å². The van der Waals surface area contributed by atoms with Crippen LogP contribution in [-0.4, -0.2) is 20.9 Å². The summed E-state index contributed by atoms with van der Waals surface area (Å²) in [7, 11) is -3.60. The van der Waals surface area contributed by atoms with Crippen molar-refractivity contribution in [3.63, 3.8) is 0 Å². The Kier molecular flexibility index (Phi) is 4.17. The minimum atomic E-state index is -3.60. The minimum absolute atomic E-state index is 0.148. The number of benzene rings is 2. The van der Waals surface area contributed by atoms with Crippen LogP contribution in [0.4, 0.5) is 5.69 Å². The van der Waals surface area contributed by atoms with Crippen molar-refractivity contribution in [1.82, 2.24) is 0 Å². The molecule has 2 aromatic carbocycles. The predicted molar refractivity (Wildman–Crippen MR) is 103 cm³/mol. The second-order valence-electron chi connectivity index (χ2n) is 6.27. The molecule has 0 atom stereocenters. The lowest BCUT2D eigenvalue weighted by Gasteiger charge is -2.16. The summed E-state index contributed by atoms with van der Waals surface area (Å²) < 4.78 is 25.8. The summed E-state index contributed by atoms with van der Waals surface area (Å²) in [5, 5.41) is 0. The topological polar surface area (TPSA) is 54.5 Å². The van der Waals surface area contributed by atoms with Crippen LogP contribution < -0.4 is 4.90 Å². The fraction of sp³-hybridized carbons (Fsp3) is 0.150. The molecule has 1 amide bonds. The third-order valence-electron chi connectivity index (χ3n) is 4.52. The quantitative estimate of drug-likeness (QED) is 0.684. The van der Waals surface area contributed by atoms with E-state index in [2.05, 4.69) is 0 Å². The summed E-state index contributed by atoms with van der Waals surface area (Å²) in [5.74, 6) is -0.148. The molecular formula is C20H17NO3S2. The third kappa shape index (κ3) is 2.85. The molecule has 0 N–H and O–H groups in total. The van der Waals surface area contributed by atoms with Gasteiger partial charge in [0, 0.05) is 12.2 Å². The molecule has 0 spiro atoms. The Bertz CT molecular complexity index is 1080. The first-order chi connectivity index (χ1) is 12.5. The predicted octanol–water partition coefficient (Wildman–Crippen LogP) is 4.09. The average Bonchev–Trinajstić information content (AvgIpc) is 3.29. The second-order valence-corrected chi connectivity index (χ2v) is 9.53. The molecule has 0 aliphatic carbocycles. The summed E-state index contributed by atoms with van der Waals surface area (Å²) in [5.41, 5.74) is 3.05. The fourth-order valence-corrected chi connectivity index (χ4v) is 5.75. The van der Waals surface area contributed by atoms with Gasteiger partial charge in [-0.3, -0.25) is 4.79 Å². The van der Waals surface area contributed by atoms with Crippen molar-refractivity contribution in [2.75, 3.05) is 11.4 Å². The molecule has 4 rings (SSSR count). The number of hydrogen-bond acceptors (Lipinski definition) is 4. The van der Waals surface area contributed by atoms with Gasteiger partial charge in [-0.15, -0.1) is 11.3 Å². The number of carbonyl (C=O) groups excluding carboxylic acids is 1. The van der Waals surface area contributed by atoms with Gasteiger partial charge in [0.05, 0.1) is 9.77 Å². The van der Waals surface area contributed by atoms with Crippen LogP contribution in [0, 0.1) is 6.92 Å². The maximum atomic E-state index is 12.9. The Labute approximate surface area is 156 Å². The number of carbonyl (C=O) groups is 1. The van der Waals surface area contributed by atoms with Gasteiger partial charge in [0.15, 0.2) is 0 Å². The third-order valence-corrected chi connectivity index (χ3v) is 7.86. The van der Waals surface area contributed by atoms with E-state index in [1.54, 1.807) is 35.2 Å². The molecule has 26 heavy (non-hydrogen) atoms.